The van der Waals surface area contributed by atoms with E-state index in [1.807, 2.05) is 0 Å². The molecule has 0 atom stereocenters. The van der Waals surface area contributed by atoms with Gasteiger partial charge in [0, 0.05) is 21.1 Å². The Morgan fingerprint density at radius 2 is 2.24 bits per heavy atom. The van der Waals surface area contributed by atoms with Crippen LogP contribution in [0, 0.1) is 0 Å². The minimum Gasteiger partial charge on any atom is -0.409 e. The topological polar surface area (TPSA) is 126 Å². The Kier molecular flexibility index (Phi) is 3.58. The maximum Gasteiger partial charge on any atom is 0.302 e. The molecule has 0 aromatic carbocycles. The fraction of sp³-hybridized carbons (Fsp3) is 0.429. The minimum atomic E-state index is -3.68. The maximum absolute atomic E-state index is 11.6. The molecule has 0 saturated heterocycles. The monoisotopic (exact) mass is 262 g/mol. The summed E-state index contributed by atoms with van der Waals surface area (Å²) in [6.45, 7) is 0. The number of anilines is 1. The van der Waals surface area contributed by atoms with Crippen LogP contribution in [0.15, 0.2) is 11.4 Å². The SMILES string of the molecule is CN(C)S(=O)(=O)Nc1c(C(N)=NO)cnn1C. The van der Waals surface area contributed by atoms with Crippen molar-refractivity contribution in [1.29, 1.82) is 0 Å². The number of amidine groups is 1. The van der Waals surface area contributed by atoms with Gasteiger partial charge in [-0.1, -0.05) is 5.16 Å². The van der Waals surface area contributed by atoms with Gasteiger partial charge >= 0.3 is 10.2 Å². The normalized spacial score (nSPS) is 13.1. The van der Waals surface area contributed by atoms with E-state index in [4.69, 9.17) is 10.9 Å². The van der Waals surface area contributed by atoms with Gasteiger partial charge in [-0.25, -0.2) is 0 Å². The van der Waals surface area contributed by atoms with Crippen molar-refractivity contribution in [3.63, 3.8) is 0 Å². The number of rotatable bonds is 4. The second-order valence-electron chi connectivity index (χ2n) is 3.41. The number of hydrogen-bond donors (Lipinski definition) is 3. The van der Waals surface area contributed by atoms with Crippen molar-refractivity contribution < 1.29 is 13.6 Å². The smallest absolute Gasteiger partial charge is 0.302 e. The van der Waals surface area contributed by atoms with Crippen LogP contribution in [-0.4, -0.2) is 47.6 Å². The molecular weight excluding hydrogens is 248 g/mol. The highest BCUT2D eigenvalue weighted by Gasteiger charge is 2.20. The van der Waals surface area contributed by atoms with Crippen LogP contribution < -0.4 is 10.5 Å². The molecule has 4 N–H and O–H groups in total. The number of hydrogen-bond acceptors (Lipinski definition) is 5. The van der Waals surface area contributed by atoms with Crippen LogP contribution in [-0.2, 0) is 17.3 Å². The lowest BCUT2D eigenvalue weighted by Crippen LogP contribution is -2.30. The Labute approximate surface area is 98.7 Å². The quantitative estimate of drug-likeness (QED) is 0.270. The summed E-state index contributed by atoms with van der Waals surface area (Å²) in [5.74, 6) is -0.108. The van der Waals surface area contributed by atoms with Crippen LogP contribution in [0.3, 0.4) is 0 Å². The van der Waals surface area contributed by atoms with Crippen molar-refractivity contribution in [2.24, 2.45) is 17.9 Å². The van der Waals surface area contributed by atoms with Crippen LogP contribution in [0.25, 0.3) is 0 Å². The second kappa shape index (κ2) is 4.59. The number of oxime groups is 1. The molecule has 0 spiro atoms. The van der Waals surface area contributed by atoms with Gasteiger partial charge in [0.1, 0.15) is 5.82 Å². The van der Waals surface area contributed by atoms with E-state index in [1.165, 1.54) is 32.0 Å². The molecule has 0 radical (unpaired) electrons. The summed E-state index contributed by atoms with van der Waals surface area (Å²) in [4.78, 5) is 0. The van der Waals surface area contributed by atoms with Crippen LogP contribution >= 0.6 is 0 Å². The van der Waals surface area contributed by atoms with Crippen LogP contribution in [0.4, 0.5) is 5.82 Å². The Morgan fingerprint density at radius 1 is 1.65 bits per heavy atom. The summed E-state index contributed by atoms with van der Waals surface area (Å²) in [6.07, 6.45) is 1.29. The predicted octanol–water partition coefficient (Wildman–Crippen LogP) is -1.27. The van der Waals surface area contributed by atoms with Crippen molar-refractivity contribution in [2.75, 3.05) is 18.8 Å². The highest BCUT2D eigenvalue weighted by atomic mass is 32.2. The van der Waals surface area contributed by atoms with E-state index in [-0.39, 0.29) is 17.2 Å². The first-order valence-corrected chi connectivity index (χ1v) is 5.93. The van der Waals surface area contributed by atoms with E-state index in [0.717, 1.165) is 4.31 Å². The van der Waals surface area contributed by atoms with Crippen LogP contribution in [0.2, 0.25) is 0 Å². The molecule has 96 valence electrons. The lowest BCUT2D eigenvalue weighted by Gasteiger charge is -2.14. The summed E-state index contributed by atoms with van der Waals surface area (Å²) < 4.78 is 27.8. The van der Waals surface area contributed by atoms with E-state index in [0.29, 0.717) is 0 Å². The largest absolute Gasteiger partial charge is 0.409 e. The van der Waals surface area contributed by atoms with E-state index < -0.39 is 10.2 Å². The molecule has 9 nitrogen and oxygen atoms in total. The summed E-state index contributed by atoms with van der Waals surface area (Å²) in [6, 6.07) is 0. The van der Waals surface area contributed by atoms with Crippen molar-refractivity contribution >= 4 is 21.9 Å². The molecule has 0 unspecified atom stereocenters. The summed E-state index contributed by atoms with van der Waals surface area (Å²) in [5, 5.41) is 15.2. The molecule has 0 fully saturated rings. The third kappa shape index (κ3) is 2.65. The third-order valence-corrected chi connectivity index (χ3v) is 3.44. The zero-order chi connectivity index (χ0) is 13.2. The molecule has 0 amide bonds. The van der Waals surface area contributed by atoms with Crippen molar-refractivity contribution in [3.05, 3.63) is 11.8 Å². The first-order valence-electron chi connectivity index (χ1n) is 4.49. The van der Waals surface area contributed by atoms with Gasteiger partial charge < -0.3 is 10.9 Å². The van der Waals surface area contributed by atoms with E-state index in [9.17, 15) is 8.42 Å². The van der Waals surface area contributed by atoms with Crippen molar-refractivity contribution in [3.8, 4) is 0 Å². The maximum atomic E-state index is 11.6. The number of aryl methyl sites for hydroxylation is 1. The lowest BCUT2D eigenvalue weighted by molar-refractivity contribution is 0.318. The average molecular weight is 262 g/mol. The van der Waals surface area contributed by atoms with Gasteiger partial charge in [-0.2, -0.15) is 17.8 Å². The van der Waals surface area contributed by atoms with E-state index in [1.54, 1.807) is 0 Å². The van der Waals surface area contributed by atoms with E-state index in [2.05, 4.69) is 15.0 Å². The van der Waals surface area contributed by atoms with Gasteiger partial charge in [0.2, 0.25) is 0 Å². The average Bonchev–Trinajstić information content (AvgIpc) is 2.59. The molecule has 0 aliphatic rings. The van der Waals surface area contributed by atoms with Gasteiger partial charge in [-0.3, -0.25) is 9.40 Å². The highest BCUT2D eigenvalue weighted by Crippen LogP contribution is 2.15. The molecule has 0 aliphatic carbocycles. The minimum absolute atomic E-state index is 0.119. The predicted molar refractivity (Wildman–Crippen MR) is 61.9 cm³/mol. The van der Waals surface area contributed by atoms with Crippen molar-refractivity contribution in [2.45, 2.75) is 0 Å². The fourth-order valence-electron chi connectivity index (χ4n) is 1.01. The fourth-order valence-corrected chi connectivity index (χ4v) is 1.68. The highest BCUT2D eigenvalue weighted by molar-refractivity contribution is 7.90. The molecule has 17 heavy (non-hydrogen) atoms. The number of nitrogens with one attached hydrogen (secondary N) is 1. The van der Waals surface area contributed by atoms with Crippen molar-refractivity contribution in [1.82, 2.24) is 14.1 Å². The second-order valence-corrected chi connectivity index (χ2v) is 5.29. The molecule has 1 heterocycles. The molecule has 0 aliphatic heterocycles. The van der Waals surface area contributed by atoms with Crippen LogP contribution in [0.1, 0.15) is 5.56 Å². The molecule has 1 aromatic rings. The number of nitrogens with zero attached hydrogens (tertiary/aromatic N) is 4. The van der Waals surface area contributed by atoms with Gasteiger partial charge in [-0.15, -0.1) is 0 Å². The van der Waals surface area contributed by atoms with Crippen LogP contribution in [0.5, 0.6) is 0 Å². The molecule has 1 rings (SSSR count). The molecule has 1 aromatic heterocycles. The summed E-state index contributed by atoms with van der Waals surface area (Å²) in [7, 11) is 0.606. The number of aromatic nitrogens is 2. The standard InChI is InChI=1S/C7H14N6O3S/c1-12(2)17(15,16)11-7-5(6(8)10-14)4-9-13(7)3/h4,11,14H,1-3H3,(H2,8,10). The Bertz CT molecular complexity index is 532. The lowest BCUT2D eigenvalue weighted by atomic mass is 10.3. The first kappa shape index (κ1) is 13.3. The van der Waals surface area contributed by atoms with Gasteiger partial charge in [0.05, 0.1) is 11.8 Å². The number of nitrogens with two attached hydrogens (primary N) is 1. The third-order valence-electron chi connectivity index (χ3n) is 2.03. The summed E-state index contributed by atoms with van der Waals surface area (Å²) in [5.41, 5.74) is 5.60. The molecule has 0 saturated carbocycles. The molecule has 10 heteroatoms. The van der Waals surface area contributed by atoms with Gasteiger partial charge in [0.15, 0.2) is 5.84 Å². The van der Waals surface area contributed by atoms with Gasteiger partial charge in [0.25, 0.3) is 0 Å². The Morgan fingerprint density at radius 3 is 2.71 bits per heavy atom. The Balaban J connectivity index is 3.20. The van der Waals surface area contributed by atoms with E-state index >= 15 is 0 Å². The zero-order valence-electron chi connectivity index (χ0n) is 9.62. The Hall–Kier alpha value is -1.81. The molecule has 0 bridgehead atoms. The molecular formula is C7H14N6O3S. The summed E-state index contributed by atoms with van der Waals surface area (Å²) >= 11 is 0. The zero-order valence-corrected chi connectivity index (χ0v) is 10.4. The van der Waals surface area contributed by atoms with Gasteiger partial charge in [-0.05, 0) is 0 Å². The first-order chi connectivity index (χ1) is 7.79.